The van der Waals surface area contributed by atoms with E-state index in [-0.39, 0.29) is 6.04 Å². The predicted octanol–water partition coefficient (Wildman–Crippen LogP) is 3.52. The van der Waals surface area contributed by atoms with Gasteiger partial charge in [-0.05, 0) is 42.5 Å². The van der Waals surface area contributed by atoms with Crippen LogP contribution in [0.25, 0.3) is 0 Å². The smallest absolute Gasteiger partial charge is 0.123 e. The van der Waals surface area contributed by atoms with Crippen LogP contribution in [0.15, 0.2) is 42.5 Å². The van der Waals surface area contributed by atoms with Crippen LogP contribution in [0, 0.1) is 6.92 Å². The fourth-order valence-corrected chi connectivity index (χ4v) is 2.63. The maximum atomic E-state index is 6.08. The van der Waals surface area contributed by atoms with Crippen LogP contribution in [0.5, 0.6) is 5.75 Å². The van der Waals surface area contributed by atoms with Crippen molar-refractivity contribution < 1.29 is 4.74 Å². The summed E-state index contributed by atoms with van der Waals surface area (Å²) in [5.41, 5.74) is 11.1. The topological polar surface area (TPSA) is 35.2 Å². The summed E-state index contributed by atoms with van der Waals surface area (Å²) in [6, 6.07) is 14.8. The zero-order valence-electron chi connectivity index (χ0n) is 11.2. The molecule has 19 heavy (non-hydrogen) atoms. The second-order valence-electron chi connectivity index (χ2n) is 5.24. The molecule has 1 aliphatic carbocycles. The molecule has 2 N–H and O–H groups in total. The van der Waals surface area contributed by atoms with Crippen molar-refractivity contribution in [2.45, 2.75) is 32.4 Å². The Morgan fingerprint density at radius 1 is 1.16 bits per heavy atom. The molecule has 2 aromatic carbocycles. The average molecular weight is 253 g/mol. The van der Waals surface area contributed by atoms with Crippen LogP contribution >= 0.6 is 0 Å². The van der Waals surface area contributed by atoms with Crippen molar-refractivity contribution in [1.29, 1.82) is 0 Å². The highest BCUT2D eigenvalue weighted by Crippen LogP contribution is 2.35. The predicted molar refractivity (Wildman–Crippen MR) is 77.2 cm³/mol. The summed E-state index contributed by atoms with van der Waals surface area (Å²) in [5.74, 6) is 0.992. The van der Waals surface area contributed by atoms with Crippen molar-refractivity contribution in [3.8, 4) is 5.75 Å². The summed E-state index contributed by atoms with van der Waals surface area (Å²) in [7, 11) is 0. The molecule has 2 heteroatoms. The van der Waals surface area contributed by atoms with Crippen LogP contribution in [-0.2, 0) is 13.0 Å². The molecule has 1 aliphatic rings. The van der Waals surface area contributed by atoms with Crippen LogP contribution < -0.4 is 10.5 Å². The molecule has 1 atom stereocenters. The number of fused-ring (bicyclic) bond motifs is 1. The summed E-state index contributed by atoms with van der Waals surface area (Å²) >= 11 is 0. The maximum Gasteiger partial charge on any atom is 0.123 e. The van der Waals surface area contributed by atoms with E-state index in [1.54, 1.807) is 0 Å². The molecule has 3 rings (SSSR count). The van der Waals surface area contributed by atoms with Crippen LogP contribution in [0.2, 0.25) is 0 Å². The van der Waals surface area contributed by atoms with Gasteiger partial charge in [-0.1, -0.05) is 42.0 Å². The van der Waals surface area contributed by atoms with Crippen LogP contribution in [0.3, 0.4) is 0 Å². The third-order valence-electron chi connectivity index (χ3n) is 3.79. The highest BCUT2D eigenvalue weighted by atomic mass is 16.5. The van der Waals surface area contributed by atoms with Gasteiger partial charge < -0.3 is 10.5 Å². The van der Waals surface area contributed by atoms with Gasteiger partial charge >= 0.3 is 0 Å². The fourth-order valence-electron chi connectivity index (χ4n) is 2.63. The number of aryl methyl sites for hydroxylation is 1. The van der Waals surface area contributed by atoms with E-state index in [0.29, 0.717) is 6.61 Å². The highest BCUT2D eigenvalue weighted by Gasteiger charge is 2.21. The minimum Gasteiger partial charge on any atom is -0.489 e. The number of benzene rings is 2. The minimum atomic E-state index is 0.179. The molecule has 0 spiro atoms. The lowest BCUT2D eigenvalue weighted by atomic mass is 10.1. The lowest BCUT2D eigenvalue weighted by Gasteiger charge is -2.11. The zero-order chi connectivity index (χ0) is 13.2. The molecule has 0 heterocycles. The lowest BCUT2D eigenvalue weighted by Crippen LogP contribution is -2.05. The molecule has 0 aromatic heterocycles. The fraction of sp³-hybridized carbons (Fsp3) is 0.294. The molecule has 0 saturated heterocycles. The Labute approximate surface area is 114 Å². The van der Waals surface area contributed by atoms with Crippen LogP contribution in [0.1, 0.15) is 34.7 Å². The Bertz CT molecular complexity index is 574. The van der Waals surface area contributed by atoms with Gasteiger partial charge in [0.15, 0.2) is 0 Å². The molecule has 0 amide bonds. The van der Waals surface area contributed by atoms with Crippen molar-refractivity contribution in [2.24, 2.45) is 5.73 Å². The number of nitrogens with two attached hydrogens (primary N) is 1. The van der Waals surface area contributed by atoms with E-state index < -0.39 is 0 Å². The first kappa shape index (κ1) is 12.2. The Morgan fingerprint density at radius 2 is 1.95 bits per heavy atom. The average Bonchev–Trinajstić information content (AvgIpc) is 2.81. The third kappa shape index (κ3) is 2.49. The standard InChI is InChI=1S/C17H19NO/c1-12-5-7-13(8-6-12)11-19-17-4-2-3-14-15(17)9-10-16(14)18/h2-8,16H,9-11,18H2,1H3. The van der Waals surface area contributed by atoms with Crippen molar-refractivity contribution in [2.75, 3.05) is 0 Å². The molecule has 2 nitrogen and oxygen atoms in total. The van der Waals surface area contributed by atoms with Gasteiger partial charge in [0.1, 0.15) is 12.4 Å². The molecule has 1 unspecified atom stereocenters. The Balaban J connectivity index is 1.76. The maximum absolute atomic E-state index is 6.08. The molecule has 0 aliphatic heterocycles. The van der Waals surface area contributed by atoms with E-state index in [2.05, 4.69) is 37.3 Å². The SMILES string of the molecule is Cc1ccc(COc2cccc3c2CCC3N)cc1. The van der Waals surface area contributed by atoms with Gasteiger partial charge in [0.25, 0.3) is 0 Å². The van der Waals surface area contributed by atoms with Gasteiger partial charge in [-0.3, -0.25) is 0 Å². The first-order valence-electron chi connectivity index (χ1n) is 6.80. The normalized spacial score (nSPS) is 17.3. The van der Waals surface area contributed by atoms with E-state index in [0.717, 1.165) is 18.6 Å². The molecule has 0 saturated carbocycles. The van der Waals surface area contributed by atoms with Crippen molar-refractivity contribution in [1.82, 2.24) is 0 Å². The van der Waals surface area contributed by atoms with E-state index >= 15 is 0 Å². The van der Waals surface area contributed by atoms with Crippen LogP contribution in [0.4, 0.5) is 0 Å². The monoisotopic (exact) mass is 253 g/mol. The Hall–Kier alpha value is -1.80. The summed E-state index contributed by atoms with van der Waals surface area (Å²) in [5, 5.41) is 0. The van der Waals surface area contributed by atoms with Gasteiger partial charge in [-0.25, -0.2) is 0 Å². The Kier molecular flexibility index (Phi) is 3.26. The second-order valence-corrected chi connectivity index (χ2v) is 5.24. The van der Waals surface area contributed by atoms with E-state index in [1.165, 1.54) is 22.3 Å². The molecule has 0 bridgehead atoms. The van der Waals surface area contributed by atoms with Crippen molar-refractivity contribution in [3.63, 3.8) is 0 Å². The number of hydrogen-bond acceptors (Lipinski definition) is 2. The van der Waals surface area contributed by atoms with Gasteiger partial charge in [0.2, 0.25) is 0 Å². The molecule has 2 aromatic rings. The Morgan fingerprint density at radius 3 is 2.74 bits per heavy atom. The third-order valence-corrected chi connectivity index (χ3v) is 3.79. The second kappa shape index (κ2) is 5.06. The van der Waals surface area contributed by atoms with Gasteiger partial charge in [-0.2, -0.15) is 0 Å². The van der Waals surface area contributed by atoms with Gasteiger partial charge in [-0.15, -0.1) is 0 Å². The summed E-state index contributed by atoms with van der Waals surface area (Å²) in [6.07, 6.45) is 2.06. The molecule has 0 radical (unpaired) electrons. The first-order valence-corrected chi connectivity index (χ1v) is 6.80. The quantitative estimate of drug-likeness (QED) is 0.908. The number of ether oxygens (including phenoxy) is 1. The zero-order valence-corrected chi connectivity index (χ0v) is 11.2. The summed E-state index contributed by atoms with van der Waals surface area (Å²) in [4.78, 5) is 0. The first-order chi connectivity index (χ1) is 9.24. The molecular weight excluding hydrogens is 234 g/mol. The van der Waals surface area contributed by atoms with E-state index in [9.17, 15) is 0 Å². The lowest BCUT2D eigenvalue weighted by molar-refractivity contribution is 0.303. The summed E-state index contributed by atoms with van der Waals surface area (Å²) < 4.78 is 5.97. The van der Waals surface area contributed by atoms with E-state index in [1.807, 2.05) is 12.1 Å². The number of rotatable bonds is 3. The molecular formula is C17H19NO. The minimum absolute atomic E-state index is 0.179. The van der Waals surface area contributed by atoms with E-state index in [4.69, 9.17) is 10.5 Å². The highest BCUT2D eigenvalue weighted by molar-refractivity contribution is 5.45. The largest absolute Gasteiger partial charge is 0.489 e. The van der Waals surface area contributed by atoms with Crippen LogP contribution in [-0.4, -0.2) is 0 Å². The van der Waals surface area contributed by atoms with Gasteiger partial charge in [0.05, 0.1) is 0 Å². The number of hydrogen-bond donors (Lipinski definition) is 1. The van der Waals surface area contributed by atoms with Crippen molar-refractivity contribution in [3.05, 3.63) is 64.7 Å². The molecule has 98 valence electrons. The molecule has 0 fully saturated rings. The van der Waals surface area contributed by atoms with Crippen molar-refractivity contribution >= 4 is 0 Å². The van der Waals surface area contributed by atoms with Gasteiger partial charge in [0, 0.05) is 6.04 Å². The summed E-state index contributed by atoms with van der Waals surface area (Å²) in [6.45, 7) is 2.71.